The van der Waals surface area contributed by atoms with E-state index in [0.717, 1.165) is 18.5 Å². The second-order valence-electron chi connectivity index (χ2n) is 6.83. The monoisotopic (exact) mass is 347 g/mol. The molecule has 140 valence electrons. The molecule has 2 N–H and O–H groups in total. The van der Waals surface area contributed by atoms with Crippen LogP contribution in [0, 0.1) is 5.92 Å². The van der Waals surface area contributed by atoms with Crippen LogP contribution < -0.4 is 10.6 Å². The van der Waals surface area contributed by atoms with Crippen molar-refractivity contribution in [2.24, 2.45) is 10.9 Å². The molecule has 6 nitrogen and oxygen atoms in total. The number of nitrogens with one attached hydrogen (secondary N) is 2. The standard InChI is InChI=1S/C19H33N5O/c1-15(2)9-10-16(3)23-19(20-4)22-14-18(25)24(5)13-11-17-8-6-7-12-21-17/h6-8,12,15-16H,9-11,13-14H2,1-5H3,(H2,20,22,23). The van der Waals surface area contributed by atoms with Gasteiger partial charge in [-0.1, -0.05) is 19.9 Å². The van der Waals surface area contributed by atoms with Crippen LogP contribution in [0.4, 0.5) is 0 Å². The quantitative estimate of drug-likeness (QED) is 0.530. The van der Waals surface area contributed by atoms with Crippen molar-refractivity contribution >= 4 is 11.9 Å². The largest absolute Gasteiger partial charge is 0.354 e. The third kappa shape index (κ3) is 9.08. The molecule has 6 heteroatoms. The Labute approximate surface area is 152 Å². The third-order valence-corrected chi connectivity index (χ3v) is 4.05. The van der Waals surface area contributed by atoms with Crippen LogP contribution >= 0.6 is 0 Å². The van der Waals surface area contributed by atoms with Gasteiger partial charge >= 0.3 is 0 Å². The van der Waals surface area contributed by atoms with E-state index in [0.29, 0.717) is 24.5 Å². The summed E-state index contributed by atoms with van der Waals surface area (Å²) in [4.78, 5) is 22.4. The molecule has 1 aromatic rings. The maximum Gasteiger partial charge on any atom is 0.241 e. The lowest BCUT2D eigenvalue weighted by Crippen LogP contribution is -2.46. The summed E-state index contributed by atoms with van der Waals surface area (Å²) in [6.45, 7) is 7.46. The average molecular weight is 348 g/mol. The number of aliphatic imine (C=N–C) groups is 1. The summed E-state index contributed by atoms with van der Waals surface area (Å²) >= 11 is 0. The summed E-state index contributed by atoms with van der Waals surface area (Å²) < 4.78 is 0. The van der Waals surface area contributed by atoms with Gasteiger partial charge in [-0.2, -0.15) is 0 Å². The molecule has 1 aromatic heterocycles. The number of aromatic nitrogens is 1. The fourth-order valence-electron chi connectivity index (χ4n) is 2.33. The van der Waals surface area contributed by atoms with Crippen molar-refractivity contribution in [3.63, 3.8) is 0 Å². The molecule has 0 aliphatic rings. The number of amides is 1. The topological polar surface area (TPSA) is 69.6 Å². The Morgan fingerprint density at radius 2 is 2.04 bits per heavy atom. The Kier molecular flexibility index (Phi) is 9.58. The first kappa shape index (κ1) is 20.9. The van der Waals surface area contributed by atoms with Crippen LogP contribution in [0.5, 0.6) is 0 Å². The van der Waals surface area contributed by atoms with E-state index in [1.165, 1.54) is 6.42 Å². The highest BCUT2D eigenvalue weighted by Crippen LogP contribution is 2.06. The van der Waals surface area contributed by atoms with Crippen LogP contribution in [0.1, 0.15) is 39.3 Å². The summed E-state index contributed by atoms with van der Waals surface area (Å²) in [5.41, 5.74) is 0.992. The predicted octanol–water partition coefficient (Wildman–Crippen LogP) is 2.07. The molecule has 0 fully saturated rings. The van der Waals surface area contributed by atoms with Crippen LogP contribution in [0.2, 0.25) is 0 Å². The lowest BCUT2D eigenvalue weighted by molar-refractivity contribution is -0.128. The van der Waals surface area contributed by atoms with Crippen LogP contribution in [0.15, 0.2) is 29.4 Å². The molecule has 0 bridgehead atoms. The van der Waals surface area contributed by atoms with Gasteiger partial charge in [0.15, 0.2) is 5.96 Å². The predicted molar refractivity (Wildman–Crippen MR) is 104 cm³/mol. The van der Waals surface area contributed by atoms with Gasteiger partial charge in [0.2, 0.25) is 5.91 Å². The summed E-state index contributed by atoms with van der Waals surface area (Å²) in [5.74, 6) is 1.39. The molecule has 25 heavy (non-hydrogen) atoms. The second kappa shape index (κ2) is 11.4. The van der Waals surface area contributed by atoms with Crippen LogP contribution in [-0.2, 0) is 11.2 Å². The van der Waals surface area contributed by atoms with Gasteiger partial charge in [0.05, 0.1) is 6.54 Å². The van der Waals surface area contributed by atoms with Crippen LogP contribution in [0.3, 0.4) is 0 Å². The summed E-state index contributed by atoms with van der Waals surface area (Å²) in [5, 5.41) is 6.43. The Morgan fingerprint density at radius 3 is 2.64 bits per heavy atom. The minimum Gasteiger partial charge on any atom is -0.354 e. The Morgan fingerprint density at radius 1 is 1.28 bits per heavy atom. The maximum atomic E-state index is 12.2. The van der Waals surface area contributed by atoms with Crippen molar-refractivity contribution in [1.29, 1.82) is 0 Å². The third-order valence-electron chi connectivity index (χ3n) is 4.05. The molecule has 0 spiro atoms. The molecule has 1 unspecified atom stereocenters. The fourth-order valence-corrected chi connectivity index (χ4v) is 2.33. The van der Waals surface area contributed by atoms with E-state index in [2.05, 4.69) is 41.4 Å². The van der Waals surface area contributed by atoms with E-state index in [9.17, 15) is 4.79 Å². The second-order valence-corrected chi connectivity index (χ2v) is 6.83. The molecule has 1 heterocycles. The van der Waals surface area contributed by atoms with E-state index >= 15 is 0 Å². The first-order chi connectivity index (χ1) is 11.9. The van der Waals surface area contributed by atoms with Gasteiger partial charge in [-0.05, 0) is 37.8 Å². The smallest absolute Gasteiger partial charge is 0.241 e. The number of nitrogens with zero attached hydrogens (tertiary/aromatic N) is 3. The van der Waals surface area contributed by atoms with Crippen molar-refractivity contribution in [3.8, 4) is 0 Å². The first-order valence-electron chi connectivity index (χ1n) is 9.03. The molecule has 1 rings (SSSR count). The number of guanidine groups is 1. The van der Waals surface area contributed by atoms with Gasteiger partial charge in [0.25, 0.3) is 0 Å². The van der Waals surface area contributed by atoms with Gasteiger partial charge < -0.3 is 15.5 Å². The Hall–Kier alpha value is -2.11. The molecular weight excluding hydrogens is 314 g/mol. The Balaban J connectivity index is 2.32. The molecule has 0 aliphatic carbocycles. The lowest BCUT2D eigenvalue weighted by Gasteiger charge is -2.21. The zero-order valence-electron chi connectivity index (χ0n) is 16.2. The minimum atomic E-state index is 0.0358. The van der Waals surface area contributed by atoms with Crippen molar-refractivity contribution in [1.82, 2.24) is 20.5 Å². The van der Waals surface area contributed by atoms with E-state index in [4.69, 9.17) is 0 Å². The van der Waals surface area contributed by atoms with Crippen molar-refractivity contribution in [3.05, 3.63) is 30.1 Å². The summed E-state index contributed by atoms with van der Waals surface area (Å²) in [6, 6.07) is 6.15. The van der Waals surface area contributed by atoms with E-state index < -0.39 is 0 Å². The average Bonchev–Trinajstić information content (AvgIpc) is 2.61. The molecule has 0 saturated heterocycles. The number of hydrogen-bond donors (Lipinski definition) is 2. The number of hydrogen-bond acceptors (Lipinski definition) is 3. The zero-order chi connectivity index (χ0) is 18.7. The number of carbonyl (C=O) groups is 1. The maximum absolute atomic E-state index is 12.2. The first-order valence-corrected chi connectivity index (χ1v) is 9.03. The van der Waals surface area contributed by atoms with Crippen molar-refractivity contribution in [2.45, 2.75) is 46.1 Å². The molecule has 1 amide bonds. The molecule has 0 saturated carbocycles. The molecule has 0 aromatic carbocycles. The Bertz CT molecular complexity index is 530. The highest BCUT2D eigenvalue weighted by molar-refractivity contribution is 5.86. The molecule has 0 aliphatic heterocycles. The van der Waals surface area contributed by atoms with E-state index in [-0.39, 0.29) is 12.5 Å². The van der Waals surface area contributed by atoms with Gasteiger partial charge in [-0.15, -0.1) is 0 Å². The SMILES string of the molecule is CN=C(NCC(=O)N(C)CCc1ccccn1)NC(C)CCC(C)C. The van der Waals surface area contributed by atoms with E-state index in [1.54, 1.807) is 18.1 Å². The summed E-state index contributed by atoms with van der Waals surface area (Å²) in [6.07, 6.45) is 4.77. The van der Waals surface area contributed by atoms with Crippen LogP contribution in [-0.4, -0.2) is 55.0 Å². The molecule has 1 atom stereocenters. The highest BCUT2D eigenvalue weighted by atomic mass is 16.2. The van der Waals surface area contributed by atoms with Gasteiger partial charge in [-0.3, -0.25) is 14.8 Å². The van der Waals surface area contributed by atoms with E-state index in [1.807, 2.05) is 25.2 Å². The fraction of sp³-hybridized carbons (Fsp3) is 0.632. The molecular formula is C19H33N5O. The minimum absolute atomic E-state index is 0.0358. The van der Waals surface area contributed by atoms with Gasteiger partial charge in [0.1, 0.15) is 0 Å². The number of pyridine rings is 1. The normalized spacial score (nSPS) is 12.8. The summed E-state index contributed by atoms with van der Waals surface area (Å²) in [7, 11) is 3.54. The molecule has 0 radical (unpaired) electrons. The highest BCUT2D eigenvalue weighted by Gasteiger charge is 2.11. The van der Waals surface area contributed by atoms with Crippen molar-refractivity contribution < 1.29 is 4.79 Å². The van der Waals surface area contributed by atoms with Gasteiger partial charge in [-0.25, -0.2) is 0 Å². The van der Waals surface area contributed by atoms with Crippen molar-refractivity contribution in [2.75, 3.05) is 27.2 Å². The van der Waals surface area contributed by atoms with Crippen LogP contribution in [0.25, 0.3) is 0 Å². The van der Waals surface area contributed by atoms with Gasteiger partial charge in [0, 0.05) is 45.0 Å². The zero-order valence-corrected chi connectivity index (χ0v) is 16.2. The number of likely N-dealkylation sites (N-methyl/N-ethyl adjacent to an activating group) is 1. The number of carbonyl (C=O) groups excluding carboxylic acids is 1. The lowest BCUT2D eigenvalue weighted by atomic mass is 10.0. The number of rotatable bonds is 9.